The second-order valence-corrected chi connectivity index (χ2v) is 3.47. The summed E-state index contributed by atoms with van der Waals surface area (Å²) in [6, 6.07) is 0. The van der Waals surface area contributed by atoms with E-state index in [-0.39, 0.29) is 44.2 Å². The molecule has 6 nitrogen and oxygen atoms in total. The van der Waals surface area contributed by atoms with Crippen LogP contribution in [0.1, 0.15) is 22.2 Å². The molecule has 0 radical (unpaired) electrons. The van der Waals surface area contributed by atoms with Crippen molar-refractivity contribution < 1.29 is 59.3 Å². The zero-order chi connectivity index (χ0) is 10.5. The van der Waals surface area contributed by atoms with Crippen molar-refractivity contribution in [2.24, 2.45) is 0 Å². The largest absolute Gasteiger partial charge is 1.00 e. The zero-order valence-electron chi connectivity index (χ0n) is 9.89. The number of phosphoric ester groups is 1. The van der Waals surface area contributed by atoms with Crippen LogP contribution in [0.5, 0.6) is 0 Å². The summed E-state index contributed by atoms with van der Waals surface area (Å²) in [5, 5.41) is 0. The topological polar surface area (TPSA) is 85.2 Å². The first-order valence-electron chi connectivity index (χ1n) is 3.87. The molecule has 0 spiro atoms. The molecule has 8 heteroatoms. The standard InChI is InChI=1S/C6H15O6P.Na.H/c1-4-10-6(3,11-5-2)12-13(7,8)9;;/h4-5H2,1-3H3,(H2,7,8,9);;/q;+1;-1. The molecule has 0 aromatic carbocycles. The molecule has 0 aliphatic carbocycles. The van der Waals surface area contributed by atoms with Crippen molar-refractivity contribution in [2.45, 2.75) is 26.7 Å². The molecule has 0 saturated heterocycles. The summed E-state index contributed by atoms with van der Waals surface area (Å²) in [6.45, 7) is 5.10. The third-order valence-corrected chi connectivity index (χ3v) is 1.67. The Kier molecular flexibility index (Phi) is 9.12. The fourth-order valence-corrected chi connectivity index (χ4v) is 1.37. The van der Waals surface area contributed by atoms with Gasteiger partial charge >= 0.3 is 37.4 Å². The van der Waals surface area contributed by atoms with E-state index in [1.807, 2.05) is 0 Å². The maximum absolute atomic E-state index is 10.5. The van der Waals surface area contributed by atoms with Crippen molar-refractivity contribution in [2.75, 3.05) is 13.2 Å². The van der Waals surface area contributed by atoms with Gasteiger partial charge in [0.25, 0.3) is 5.97 Å². The van der Waals surface area contributed by atoms with E-state index in [1.165, 1.54) is 6.92 Å². The van der Waals surface area contributed by atoms with E-state index in [0.717, 1.165) is 0 Å². The first-order valence-corrected chi connectivity index (χ1v) is 5.40. The summed E-state index contributed by atoms with van der Waals surface area (Å²) in [7, 11) is -4.60. The van der Waals surface area contributed by atoms with Crippen LogP contribution in [0.25, 0.3) is 0 Å². The molecule has 0 amide bonds. The van der Waals surface area contributed by atoms with Crippen molar-refractivity contribution in [1.82, 2.24) is 0 Å². The van der Waals surface area contributed by atoms with Crippen molar-refractivity contribution >= 4 is 7.82 Å². The quantitative estimate of drug-likeness (QED) is 0.315. The minimum atomic E-state index is -4.60. The third kappa shape index (κ3) is 8.35. The Balaban J connectivity index is -0.000000720. The minimum absolute atomic E-state index is 0. The molecule has 0 atom stereocenters. The summed E-state index contributed by atoms with van der Waals surface area (Å²) < 4.78 is 24.7. The molecule has 0 bridgehead atoms. The fraction of sp³-hybridized carbons (Fsp3) is 1.00. The van der Waals surface area contributed by atoms with Gasteiger partial charge in [-0.2, -0.15) is 0 Å². The van der Waals surface area contributed by atoms with Crippen LogP contribution in [-0.2, 0) is 18.6 Å². The van der Waals surface area contributed by atoms with Crippen molar-refractivity contribution in [1.29, 1.82) is 0 Å². The number of rotatable bonds is 6. The van der Waals surface area contributed by atoms with Crippen LogP contribution in [0.3, 0.4) is 0 Å². The summed E-state index contributed by atoms with van der Waals surface area (Å²) in [6.07, 6.45) is 0. The summed E-state index contributed by atoms with van der Waals surface area (Å²) in [4.78, 5) is 17.1. The Labute approximate surface area is 107 Å². The Hall–Kier alpha value is 1.03. The van der Waals surface area contributed by atoms with Gasteiger partial charge in [-0.25, -0.2) is 9.09 Å². The molecule has 82 valence electrons. The average molecular weight is 238 g/mol. The summed E-state index contributed by atoms with van der Waals surface area (Å²) in [5.41, 5.74) is 0. The molecular formula is C6H16NaO6P. The van der Waals surface area contributed by atoms with Gasteiger partial charge < -0.3 is 20.7 Å². The van der Waals surface area contributed by atoms with Crippen LogP contribution in [-0.4, -0.2) is 29.0 Å². The monoisotopic (exact) mass is 238 g/mol. The van der Waals surface area contributed by atoms with Gasteiger partial charge in [0.2, 0.25) is 0 Å². The minimum Gasteiger partial charge on any atom is -1.00 e. The molecule has 0 saturated carbocycles. The van der Waals surface area contributed by atoms with Crippen molar-refractivity contribution in [3.05, 3.63) is 0 Å². The number of hydrogen-bond acceptors (Lipinski definition) is 4. The number of ether oxygens (including phenoxy) is 2. The van der Waals surface area contributed by atoms with Gasteiger partial charge in [0.1, 0.15) is 0 Å². The molecule has 0 heterocycles. The van der Waals surface area contributed by atoms with Gasteiger partial charge in [0.15, 0.2) is 0 Å². The smallest absolute Gasteiger partial charge is 1.00 e. The molecule has 0 aromatic heterocycles. The molecule has 2 N–H and O–H groups in total. The van der Waals surface area contributed by atoms with Crippen LogP contribution in [0.4, 0.5) is 0 Å². The van der Waals surface area contributed by atoms with Crippen LogP contribution in [0.15, 0.2) is 0 Å². The molecule has 14 heavy (non-hydrogen) atoms. The molecule has 0 fully saturated rings. The predicted octanol–water partition coefficient (Wildman–Crippen LogP) is -2.04. The molecular weight excluding hydrogens is 222 g/mol. The van der Waals surface area contributed by atoms with E-state index >= 15 is 0 Å². The molecule has 0 aromatic rings. The first kappa shape index (κ1) is 17.4. The van der Waals surface area contributed by atoms with E-state index in [1.54, 1.807) is 13.8 Å². The van der Waals surface area contributed by atoms with E-state index in [9.17, 15) is 4.57 Å². The third-order valence-electron chi connectivity index (χ3n) is 1.10. The normalized spacial score (nSPS) is 12.4. The van der Waals surface area contributed by atoms with Gasteiger partial charge in [0, 0.05) is 20.1 Å². The number of phosphoric acid groups is 1. The van der Waals surface area contributed by atoms with Crippen molar-refractivity contribution in [3.63, 3.8) is 0 Å². The van der Waals surface area contributed by atoms with Gasteiger partial charge in [0.05, 0.1) is 0 Å². The molecule has 0 aliphatic rings. The zero-order valence-corrected chi connectivity index (χ0v) is 11.8. The van der Waals surface area contributed by atoms with Crippen LogP contribution >= 0.6 is 7.82 Å². The predicted molar refractivity (Wildman–Crippen MR) is 45.9 cm³/mol. The fourth-order valence-electron chi connectivity index (χ4n) is 0.835. The van der Waals surface area contributed by atoms with E-state index < -0.39 is 13.8 Å². The van der Waals surface area contributed by atoms with Gasteiger partial charge in [-0.15, -0.1) is 0 Å². The van der Waals surface area contributed by atoms with Crippen LogP contribution < -0.4 is 29.6 Å². The van der Waals surface area contributed by atoms with E-state index in [0.29, 0.717) is 0 Å². The van der Waals surface area contributed by atoms with E-state index in [2.05, 4.69) is 4.52 Å². The number of hydrogen-bond donors (Lipinski definition) is 2. The van der Waals surface area contributed by atoms with Crippen LogP contribution in [0, 0.1) is 0 Å². The average Bonchev–Trinajstić information content (AvgIpc) is 1.82. The Morgan fingerprint density at radius 1 is 1.29 bits per heavy atom. The summed E-state index contributed by atoms with van der Waals surface area (Å²) in [5.74, 6) is -1.68. The summed E-state index contributed by atoms with van der Waals surface area (Å²) >= 11 is 0. The Morgan fingerprint density at radius 3 is 1.86 bits per heavy atom. The van der Waals surface area contributed by atoms with Gasteiger partial charge in [-0.05, 0) is 13.8 Å². The van der Waals surface area contributed by atoms with E-state index in [4.69, 9.17) is 19.3 Å². The second kappa shape index (κ2) is 7.33. The second-order valence-electron chi connectivity index (χ2n) is 2.31. The first-order chi connectivity index (χ1) is 5.83. The Morgan fingerprint density at radius 2 is 1.64 bits per heavy atom. The van der Waals surface area contributed by atoms with Crippen LogP contribution in [0.2, 0.25) is 0 Å². The van der Waals surface area contributed by atoms with Gasteiger partial charge in [-0.1, -0.05) is 0 Å². The SMILES string of the molecule is CCOC(C)(OCC)OP(=O)(O)O.[H-].[Na+]. The maximum atomic E-state index is 10.5. The molecule has 0 aliphatic heterocycles. The maximum Gasteiger partial charge on any atom is 1.00 e. The molecule has 0 unspecified atom stereocenters. The molecule has 0 rings (SSSR count). The Bertz CT molecular complexity index is 192. The van der Waals surface area contributed by atoms with Gasteiger partial charge in [-0.3, -0.25) is 0 Å². The van der Waals surface area contributed by atoms with Crippen molar-refractivity contribution in [3.8, 4) is 0 Å².